The van der Waals surface area contributed by atoms with E-state index < -0.39 is 29.7 Å². The van der Waals surface area contributed by atoms with Crippen LogP contribution in [-0.2, 0) is 20.9 Å². The lowest BCUT2D eigenvalue weighted by Gasteiger charge is -2.37. The molecule has 3 amide bonds. The number of imide groups is 1. The number of amides is 3. The molecule has 7 heteroatoms. The molecule has 1 unspecified atom stereocenters. The number of piperidine rings is 1. The van der Waals surface area contributed by atoms with Gasteiger partial charge in [0.25, 0.3) is 5.91 Å². The van der Waals surface area contributed by atoms with E-state index in [9.17, 15) is 14.4 Å². The lowest BCUT2D eigenvalue weighted by atomic mass is 10.0. The second-order valence-electron chi connectivity index (χ2n) is 7.81. The summed E-state index contributed by atoms with van der Waals surface area (Å²) in [6.07, 6.45) is 0.880. The molecule has 0 spiro atoms. The molecule has 1 aliphatic rings. The zero-order valence-electron chi connectivity index (χ0n) is 17.1. The number of likely N-dealkylation sites (tertiary alicyclic amines) is 1. The molecule has 1 aliphatic heterocycles. The fraction of sp³-hybridized carbons (Fsp3) is 0.571. The van der Waals surface area contributed by atoms with Crippen LogP contribution in [0.5, 0.6) is 0 Å². The minimum absolute atomic E-state index is 0.0872. The lowest BCUT2D eigenvalue weighted by molar-refractivity contribution is -0.136. The van der Waals surface area contributed by atoms with Crippen molar-refractivity contribution in [2.75, 3.05) is 13.1 Å². The Balaban J connectivity index is 2.05. The number of likely N-dealkylation sites (N-methyl/N-ethyl adjacent to an activating group) is 1. The number of nitrogens with zero attached hydrogens (tertiary/aromatic N) is 2. The summed E-state index contributed by atoms with van der Waals surface area (Å²) in [6, 6.07) is 8.56. The van der Waals surface area contributed by atoms with Crippen LogP contribution in [0.4, 0.5) is 9.59 Å². The van der Waals surface area contributed by atoms with Gasteiger partial charge in [-0.3, -0.25) is 9.69 Å². The summed E-state index contributed by atoms with van der Waals surface area (Å²) in [6.45, 7) is 7.75. The highest BCUT2D eigenvalue weighted by Crippen LogP contribution is 2.22. The van der Waals surface area contributed by atoms with Crippen molar-refractivity contribution in [2.24, 2.45) is 0 Å². The van der Waals surface area contributed by atoms with Gasteiger partial charge in [-0.25, -0.2) is 14.5 Å². The monoisotopic (exact) mass is 390 g/mol. The van der Waals surface area contributed by atoms with E-state index in [0.717, 1.165) is 23.3 Å². The van der Waals surface area contributed by atoms with Crippen molar-refractivity contribution in [3.05, 3.63) is 35.9 Å². The zero-order chi connectivity index (χ0) is 20.7. The van der Waals surface area contributed by atoms with Crippen LogP contribution in [-0.4, -0.2) is 52.6 Å². The summed E-state index contributed by atoms with van der Waals surface area (Å²) in [5.74, 6) is -0.425. The molecule has 1 aromatic rings. The molecule has 2 rings (SSSR count). The first-order valence-electron chi connectivity index (χ1n) is 9.74. The number of carbonyl (C=O) groups excluding carboxylic acids is 3. The standard InChI is InChI=1S/C21H30N2O5/c1-5-22(19(25)27-15-16-11-7-6-8-12-16)18(24)17-13-9-10-14-23(17)20(26)28-21(2,3)4/h6-8,11-12,17H,5,9-10,13-15H2,1-4H3. The van der Waals surface area contributed by atoms with Crippen LogP contribution in [0.15, 0.2) is 30.3 Å². The number of hydrogen-bond donors (Lipinski definition) is 0. The predicted molar refractivity (Wildman–Crippen MR) is 105 cm³/mol. The first-order valence-corrected chi connectivity index (χ1v) is 9.74. The Morgan fingerprint density at radius 1 is 1.14 bits per heavy atom. The molecule has 1 saturated heterocycles. The predicted octanol–water partition coefficient (Wildman–Crippen LogP) is 3.96. The zero-order valence-corrected chi connectivity index (χ0v) is 17.1. The number of benzene rings is 1. The van der Waals surface area contributed by atoms with Crippen molar-refractivity contribution in [1.82, 2.24) is 9.80 Å². The maximum atomic E-state index is 13.0. The van der Waals surface area contributed by atoms with Crippen molar-refractivity contribution < 1.29 is 23.9 Å². The SMILES string of the molecule is CCN(C(=O)OCc1ccccc1)C(=O)C1CCCCN1C(=O)OC(C)(C)C. The molecule has 1 atom stereocenters. The van der Waals surface area contributed by atoms with E-state index >= 15 is 0 Å². The van der Waals surface area contributed by atoms with Gasteiger partial charge in [0, 0.05) is 13.1 Å². The van der Waals surface area contributed by atoms with Crippen molar-refractivity contribution >= 4 is 18.1 Å². The van der Waals surface area contributed by atoms with Gasteiger partial charge in [-0.2, -0.15) is 0 Å². The van der Waals surface area contributed by atoms with E-state index in [4.69, 9.17) is 9.47 Å². The third-order valence-electron chi connectivity index (χ3n) is 4.42. The molecule has 28 heavy (non-hydrogen) atoms. The van der Waals surface area contributed by atoms with Gasteiger partial charge in [0.05, 0.1) is 0 Å². The van der Waals surface area contributed by atoms with E-state index in [1.165, 1.54) is 4.90 Å². The van der Waals surface area contributed by atoms with Crippen LogP contribution in [0.2, 0.25) is 0 Å². The van der Waals surface area contributed by atoms with Gasteiger partial charge in [-0.05, 0) is 52.5 Å². The minimum Gasteiger partial charge on any atom is -0.444 e. The van der Waals surface area contributed by atoms with Crippen molar-refractivity contribution in [2.45, 2.75) is 65.2 Å². The smallest absolute Gasteiger partial charge is 0.416 e. The number of rotatable bonds is 4. The largest absolute Gasteiger partial charge is 0.444 e. The highest BCUT2D eigenvalue weighted by atomic mass is 16.6. The van der Waals surface area contributed by atoms with Crippen LogP contribution in [0, 0.1) is 0 Å². The highest BCUT2D eigenvalue weighted by Gasteiger charge is 2.38. The number of ether oxygens (including phenoxy) is 2. The van der Waals surface area contributed by atoms with Crippen LogP contribution < -0.4 is 0 Å². The highest BCUT2D eigenvalue weighted by molar-refractivity contribution is 5.96. The molecule has 0 saturated carbocycles. The van der Waals surface area contributed by atoms with E-state index in [1.807, 2.05) is 30.3 Å². The average molecular weight is 390 g/mol. The Kier molecular flexibility index (Phi) is 7.43. The quantitative estimate of drug-likeness (QED) is 0.778. The molecule has 1 heterocycles. The third kappa shape index (κ3) is 5.97. The van der Waals surface area contributed by atoms with Gasteiger partial charge in [0.1, 0.15) is 18.2 Å². The van der Waals surface area contributed by atoms with Gasteiger partial charge >= 0.3 is 12.2 Å². The van der Waals surface area contributed by atoms with Crippen molar-refractivity contribution in [3.63, 3.8) is 0 Å². The first kappa shape index (κ1) is 21.7. The van der Waals surface area contributed by atoms with Gasteiger partial charge in [0.2, 0.25) is 0 Å². The molecule has 7 nitrogen and oxygen atoms in total. The maximum absolute atomic E-state index is 13.0. The summed E-state index contributed by atoms with van der Waals surface area (Å²) in [4.78, 5) is 40.6. The van der Waals surface area contributed by atoms with E-state index in [0.29, 0.717) is 13.0 Å². The molecule has 0 N–H and O–H groups in total. The summed E-state index contributed by atoms with van der Waals surface area (Å²) in [5.41, 5.74) is 0.189. The van der Waals surface area contributed by atoms with Crippen LogP contribution in [0.25, 0.3) is 0 Å². The van der Waals surface area contributed by atoms with Gasteiger partial charge in [-0.15, -0.1) is 0 Å². The van der Waals surface area contributed by atoms with Crippen molar-refractivity contribution in [1.29, 1.82) is 0 Å². The Hall–Kier alpha value is -2.57. The van der Waals surface area contributed by atoms with E-state index in [1.54, 1.807) is 27.7 Å². The lowest BCUT2D eigenvalue weighted by Crippen LogP contribution is -2.55. The van der Waals surface area contributed by atoms with Crippen LogP contribution >= 0.6 is 0 Å². The van der Waals surface area contributed by atoms with E-state index in [2.05, 4.69) is 0 Å². The molecule has 0 aliphatic carbocycles. The summed E-state index contributed by atoms with van der Waals surface area (Å²) in [5, 5.41) is 0. The van der Waals surface area contributed by atoms with Crippen LogP contribution in [0.1, 0.15) is 52.5 Å². The normalized spacial score (nSPS) is 17.0. The van der Waals surface area contributed by atoms with Crippen LogP contribution in [0.3, 0.4) is 0 Å². The molecular weight excluding hydrogens is 360 g/mol. The molecule has 0 bridgehead atoms. The molecule has 1 fully saturated rings. The molecule has 0 radical (unpaired) electrons. The first-order chi connectivity index (χ1) is 13.2. The maximum Gasteiger partial charge on any atom is 0.416 e. The fourth-order valence-corrected chi connectivity index (χ4v) is 3.08. The van der Waals surface area contributed by atoms with Gasteiger partial charge < -0.3 is 9.47 Å². The van der Waals surface area contributed by atoms with Gasteiger partial charge in [0.15, 0.2) is 0 Å². The van der Waals surface area contributed by atoms with Crippen molar-refractivity contribution in [3.8, 4) is 0 Å². The van der Waals surface area contributed by atoms with Gasteiger partial charge in [-0.1, -0.05) is 30.3 Å². The fourth-order valence-electron chi connectivity index (χ4n) is 3.08. The summed E-state index contributed by atoms with van der Waals surface area (Å²) >= 11 is 0. The minimum atomic E-state index is -0.715. The summed E-state index contributed by atoms with van der Waals surface area (Å²) in [7, 11) is 0. The Morgan fingerprint density at radius 2 is 1.82 bits per heavy atom. The summed E-state index contributed by atoms with van der Waals surface area (Å²) < 4.78 is 10.7. The Labute approximate surface area is 166 Å². The Morgan fingerprint density at radius 3 is 2.43 bits per heavy atom. The topological polar surface area (TPSA) is 76.2 Å². The number of carbonyl (C=O) groups is 3. The average Bonchev–Trinajstić information content (AvgIpc) is 2.66. The molecule has 154 valence electrons. The molecule has 0 aromatic heterocycles. The molecule has 1 aromatic carbocycles. The third-order valence-corrected chi connectivity index (χ3v) is 4.42. The van der Waals surface area contributed by atoms with E-state index in [-0.39, 0.29) is 13.2 Å². The Bertz CT molecular complexity index is 684. The number of hydrogen-bond acceptors (Lipinski definition) is 5. The second-order valence-corrected chi connectivity index (χ2v) is 7.81. The second kappa shape index (κ2) is 9.57. The molecular formula is C21H30N2O5.